The molecule has 2 aliphatic rings. The standard InChI is InChI=1S/C29H37N3O8/c1-6-40-29(36)24-17(2)22(18(3)30-24)26(33)23-25(20-16-19(37-4)8-9-21(20)38-5)32(28(35)27(23)34)11-7-10-31-12-14-39-15-13-31/h8-9,16,25,30,33H,6-7,10-15H2,1-5H3. The first-order valence-corrected chi connectivity index (χ1v) is 13.5. The Hall–Kier alpha value is -3.83. The average Bonchev–Trinajstić information content (AvgIpc) is 3.40. The molecule has 0 bridgehead atoms. The maximum absolute atomic E-state index is 14.1. The molecule has 4 rings (SSSR count). The van der Waals surface area contributed by atoms with Crippen molar-refractivity contribution < 1.29 is 43.3 Å². The minimum atomic E-state index is -0.989. The number of carbonyl (C=O) groups is 3. The number of methoxy groups -OCH3 is 2. The number of hydrogen-bond acceptors (Lipinski definition) is 8. The second-order valence-electron chi connectivity index (χ2n) is 9.89. The van der Waals surface area contributed by atoms with Crippen LogP contribution in [0.1, 0.15) is 52.3 Å². The van der Waals surface area contributed by atoms with Gasteiger partial charge in [0.05, 0.1) is 46.6 Å². The number of nitrogens with zero attached hydrogens (tertiary/aromatic N) is 1. The molecule has 11 nitrogen and oxygen atoms in total. The van der Waals surface area contributed by atoms with Crippen molar-refractivity contribution in [3.05, 3.63) is 51.9 Å². The van der Waals surface area contributed by atoms with Crippen LogP contribution in [0.25, 0.3) is 5.76 Å². The molecule has 0 radical (unpaired) electrons. The lowest BCUT2D eigenvalue weighted by Crippen LogP contribution is -3.14. The van der Waals surface area contributed by atoms with E-state index in [-0.39, 0.29) is 30.0 Å². The summed E-state index contributed by atoms with van der Waals surface area (Å²) in [6, 6.07) is 4.09. The molecule has 1 aromatic carbocycles. The number of rotatable bonds is 10. The molecule has 2 aromatic rings. The first-order chi connectivity index (χ1) is 19.2. The van der Waals surface area contributed by atoms with Crippen molar-refractivity contribution in [3.63, 3.8) is 0 Å². The molecule has 0 aliphatic carbocycles. The van der Waals surface area contributed by atoms with Gasteiger partial charge < -0.3 is 38.8 Å². The Morgan fingerprint density at radius 2 is 1.90 bits per heavy atom. The fourth-order valence-electron chi connectivity index (χ4n) is 5.52. The highest BCUT2D eigenvalue weighted by Crippen LogP contribution is 2.44. The van der Waals surface area contributed by atoms with Gasteiger partial charge in [0.1, 0.15) is 30.3 Å². The topological polar surface area (TPSA) is 135 Å². The molecule has 2 fully saturated rings. The van der Waals surface area contributed by atoms with Gasteiger partial charge in [0, 0.05) is 29.8 Å². The molecular formula is C29H37N3O8. The molecule has 2 saturated heterocycles. The largest absolute Gasteiger partial charge is 0.872 e. The van der Waals surface area contributed by atoms with Crippen LogP contribution >= 0.6 is 0 Å². The van der Waals surface area contributed by atoms with E-state index in [0.717, 1.165) is 19.6 Å². The number of carbonyl (C=O) groups excluding carboxylic acids is 3. The van der Waals surface area contributed by atoms with Crippen LogP contribution in [0.4, 0.5) is 0 Å². The molecule has 1 atom stereocenters. The molecule has 1 amide bonds. The fourth-order valence-corrected chi connectivity index (χ4v) is 5.52. The number of quaternary nitrogens is 1. The fraction of sp³-hybridized carbons (Fsp3) is 0.483. The van der Waals surface area contributed by atoms with Crippen molar-refractivity contribution in [1.82, 2.24) is 9.88 Å². The summed E-state index contributed by atoms with van der Waals surface area (Å²) in [5, 5.41) is 14.1. The van der Waals surface area contributed by atoms with E-state index in [9.17, 15) is 19.5 Å². The van der Waals surface area contributed by atoms with Crippen molar-refractivity contribution in [3.8, 4) is 11.5 Å². The summed E-state index contributed by atoms with van der Waals surface area (Å²) in [6.45, 7) is 9.34. The van der Waals surface area contributed by atoms with E-state index in [0.29, 0.717) is 48.0 Å². The number of aromatic nitrogens is 1. The highest BCUT2D eigenvalue weighted by molar-refractivity contribution is 6.46. The van der Waals surface area contributed by atoms with Crippen LogP contribution in [-0.4, -0.2) is 87.8 Å². The van der Waals surface area contributed by atoms with E-state index in [1.165, 1.54) is 24.0 Å². The van der Waals surface area contributed by atoms with E-state index >= 15 is 0 Å². The molecule has 216 valence electrons. The number of benzene rings is 1. The zero-order valence-electron chi connectivity index (χ0n) is 23.7. The molecule has 2 aliphatic heterocycles. The molecule has 40 heavy (non-hydrogen) atoms. The number of aryl methyl sites for hydroxylation is 1. The zero-order chi connectivity index (χ0) is 29.0. The molecule has 11 heteroatoms. The predicted molar refractivity (Wildman–Crippen MR) is 143 cm³/mol. The lowest BCUT2D eigenvalue weighted by molar-refractivity contribution is -0.908. The number of hydrogen-bond donors (Lipinski definition) is 2. The van der Waals surface area contributed by atoms with E-state index in [2.05, 4.69) is 4.98 Å². The zero-order valence-corrected chi connectivity index (χ0v) is 23.7. The van der Waals surface area contributed by atoms with Crippen LogP contribution in [0, 0.1) is 13.8 Å². The van der Waals surface area contributed by atoms with Crippen LogP contribution in [0.3, 0.4) is 0 Å². The Bertz CT molecular complexity index is 1310. The van der Waals surface area contributed by atoms with Gasteiger partial charge >= 0.3 is 5.97 Å². The normalized spacial score (nSPS) is 19.2. The van der Waals surface area contributed by atoms with Gasteiger partial charge in [-0.2, -0.15) is 0 Å². The third-order valence-electron chi connectivity index (χ3n) is 7.53. The number of amides is 1. The number of ether oxygens (including phenoxy) is 4. The Morgan fingerprint density at radius 3 is 2.55 bits per heavy atom. The number of nitrogens with one attached hydrogen (secondary N) is 2. The molecule has 0 spiro atoms. The highest BCUT2D eigenvalue weighted by Gasteiger charge is 2.45. The summed E-state index contributed by atoms with van der Waals surface area (Å²) in [7, 11) is 3.00. The quantitative estimate of drug-likeness (QED) is 0.186. The van der Waals surface area contributed by atoms with Gasteiger partial charge in [0.15, 0.2) is 0 Å². The minimum absolute atomic E-state index is 0.140. The minimum Gasteiger partial charge on any atom is -0.872 e. The summed E-state index contributed by atoms with van der Waals surface area (Å²) >= 11 is 0. The number of likely N-dealkylation sites (tertiary alicyclic amines) is 1. The monoisotopic (exact) mass is 555 g/mol. The summed E-state index contributed by atoms with van der Waals surface area (Å²) in [5.41, 5.74) is 1.37. The van der Waals surface area contributed by atoms with Crippen molar-refractivity contribution in [2.24, 2.45) is 0 Å². The number of H-pyrrole nitrogens is 1. The van der Waals surface area contributed by atoms with Crippen molar-refractivity contribution >= 4 is 23.4 Å². The second kappa shape index (κ2) is 12.6. The number of aromatic amines is 1. The van der Waals surface area contributed by atoms with Gasteiger partial charge in [0.25, 0.3) is 5.91 Å². The van der Waals surface area contributed by atoms with E-state index in [4.69, 9.17) is 18.9 Å². The third kappa shape index (κ3) is 5.57. The van der Waals surface area contributed by atoms with Gasteiger partial charge in [-0.25, -0.2) is 4.79 Å². The molecular weight excluding hydrogens is 518 g/mol. The van der Waals surface area contributed by atoms with Crippen LogP contribution < -0.4 is 19.5 Å². The Kier molecular flexibility index (Phi) is 9.16. The maximum Gasteiger partial charge on any atom is 0.355 e. The average molecular weight is 556 g/mol. The van der Waals surface area contributed by atoms with Crippen molar-refractivity contribution in [2.75, 3.05) is 60.2 Å². The number of esters is 1. The lowest BCUT2D eigenvalue weighted by atomic mass is 9.93. The SMILES string of the molecule is CCOC(=O)c1[nH]c(C)c(C([O-])=C2C(=O)C(=O)N(CCC[NH+]3CCOCC3)C2c2cc(OC)ccc2OC)c1C. The summed E-state index contributed by atoms with van der Waals surface area (Å²) in [4.78, 5) is 45.3. The van der Waals surface area contributed by atoms with Gasteiger partial charge in [-0.3, -0.25) is 9.59 Å². The predicted octanol–water partition coefficient (Wildman–Crippen LogP) is 0.355. The van der Waals surface area contributed by atoms with Crippen LogP contribution in [0.2, 0.25) is 0 Å². The smallest absolute Gasteiger partial charge is 0.355 e. The number of ketones is 1. The molecule has 1 aromatic heterocycles. The first-order valence-electron chi connectivity index (χ1n) is 13.5. The number of morpholine rings is 1. The summed E-state index contributed by atoms with van der Waals surface area (Å²) < 4.78 is 21.6. The molecule has 3 heterocycles. The Morgan fingerprint density at radius 1 is 1.18 bits per heavy atom. The third-order valence-corrected chi connectivity index (χ3v) is 7.53. The van der Waals surface area contributed by atoms with E-state index in [1.807, 2.05) is 0 Å². The van der Waals surface area contributed by atoms with Gasteiger partial charge in [-0.1, -0.05) is 5.76 Å². The van der Waals surface area contributed by atoms with E-state index in [1.54, 1.807) is 39.0 Å². The Balaban J connectivity index is 1.82. The van der Waals surface area contributed by atoms with Crippen molar-refractivity contribution in [1.29, 1.82) is 0 Å². The number of Topliss-reactive ketones (excluding diaryl/α,β-unsaturated/α-hetero) is 1. The lowest BCUT2D eigenvalue weighted by Gasteiger charge is -2.30. The molecule has 2 N–H and O–H groups in total. The second-order valence-corrected chi connectivity index (χ2v) is 9.89. The summed E-state index contributed by atoms with van der Waals surface area (Å²) in [6.07, 6.45) is 0.633. The Labute approximate surface area is 233 Å². The first kappa shape index (κ1) is 29.2. The van der Waals surface area contributed by atoms with Gasteiger partial charge in [0.2, 0.25) is 5.78 Å². The van der Waals surface area contributed by atoms with Crippen LogP contribution in [0.5, 0.6) is 11.5 Å². The van der Waals surface area contributed by atoms with Crippen LogP contribution in [-0.2, 0) is 19.1 Å². The summed E-state index contributed by atoms with van der Waals surface area (Å²) in [5.74, 6) is -1.92. The van der Waals surface area contributed by atoms with Gasteiger partial charge in [-0.15, -0.1) is 0 Å². The molecule has 0 saturated carbocycles. The van der Waals surface area contributed by atoms with Crippen molar-refractivity contribution in [2.45, 2.75) is 33.2 Å². The van der Waals surface area contributed by atoms with Crippen LogP contribution in [0.15, 0.2) is 23.8 Å². The maximum atomic E-state index is 14.1. The van der Waals surface area contributed by atoms with Gasteiger partial charge in [-0.05, 0) is 50.1 Å². The van der Waals surface area contributed by atoms with E-state index < -0.39 is 29.5 Å². The highest BCUT2D eigenvalue weighted by atomic mass is 16.5. The molecule has 1 unspecified atom stereocenters.